The van der Waals surface area contributed by atoms with Crippen molar-refractivity contribution in [3.63, 3.8) is 0 Å². The van der Waals surface area contributed by atoms with Gasteiger partial charge in [0.2, 0.25) is 0 Å². The third-order valence-electron chi connectivity index (χ3n) is 3.56. The van der Waals surface area contributed by atoms with Crippen LogP contribution < -0.4 is 0 Å². The number of β-amino-alcohol motifs (C(OH)–C–C–N with tert-alkyl or cyclic N) is 1. The smallest absolute Gasteiger partial charge is 0.274 e. The predicted octanol–water partition coefficient (Wildman–Crippen LogP) is 1.32. The molecule has 2 aromatic heterocycles. The number of imidazole rings is 1. The van der Waals surface area contributed by atoms with Gasteiger partial charge in [-0.2, -0.15) is 0 Å². The predicted molar refractivity (Wildman–Crippen MR) is 71.0 cm³/mol. The van der Waals surface area contributed by atoms with Crippen molar-refractivity contribution in [2.45, 2.75) is 25.4 Å². The maximum Gasteiger partial charge on any atom is 0.274 e. The molecule has 1 aliphatic rings. The minimum Gasteiger partial charge on any atom is -0.386 e. The quantitative estimate of drug-likeness (QED) is 0.904. The fraction of sp³-hybridized carbons (Fsp3) is 0.429. The van der Waals surface area contributed by atoms with Crippen LogP contribution in [0, 0.1) is 0 Å². The number of carbonyl (C=O) groups is 1. The minimum atomic E-state index is -0.691. The molecule has 0 aliphatic carbocycles. The molecule has 1 saturated heterocycles. The highest BCUT2D eigenvalue weighted by Crippen LogP contribution is 2.27. The molecule has 3 heterocycles. The summed E-state index contributed by atoms with van der Waals surface area (Å²) in [4.78, 5) is 18.2. The summed E-state index contributed by atoms with van der Waals surface area (Å²) >= 11 is 0. The van der Waals surface area contributed by atoms with Crippen LogP contribution in [0.25, 0.3) is 5.65 Å². The molecule has 0 saturated carbocycles. The third kappa shape index (κ3) is 2.10. The molecule has 1 amide bonds. The van der Waals surface area contributed by atoms with Crippen molar-refractivity contribution in [2.24, 2.45) is 0 Å². The number of likely N-dealkylation sites (tertiary alicyclic amines) is 1. The summed E-state index contributed by atoms with van der Waals surface area (Å²) < 4.78 is 1.82. The number of hydrogen-bond donors (Lipinski definition) is 1. The maximum absolute atomic E-state index is 12.2. The average molecular weight is 259 g/mol. The van der Waals surface area contributed by atoms with E-state index in [0.29, 0.717) is 18.8 Å². The Kier molecular flexibility index (Phi) is 2.78. The van der Waals surface area contributed by atoms with Gasteiger partial charge in [0.05, 0.1) is 18.7 Å². The van der Waals surface area contributed by atoms with Gasteiger partial charge >= 0.3 is 0 Å². The molecule has 0 aromatic carbocycles. The Labute approximate surface area is 111 Å². The first-order valence-corrected chi connectivity index (χ1v) is 6.57. The topological polar surface area (TPSA) is 57.8 Å². The first-order valence-electron chi connectivity index (χ1n) is 6.57. The zero-order valence-corrected chi connectivity index (χ0v) is 10.9. The fourth-order valence-corrected chi connectivity index (χ4v) is 2.63. The summed E-state index contributed by atoms with van der Waals surface area (Å²) in [7, 11) is 0. The number of pyridine rings is 1. The number of nitrogens with zero attached hydrogens (tertiary/aromatic N) is 3. The van der Waals surface area contributed by atoms with E-state index in [4.69, 9.17) is 0 Å². The number of rotatable bonds is 3. The number of carbonyl (C=O) groups excluding carboxylic acids is 1. The van der Waals surface area contributed by atoms with Gasteiger partial charge in [0.15, 0.2) is 0 Å². The van der Waals surface area contributed by atoms with E-state index in [-0.39, 0.29) is 5.91 Å². The highest BCUT2D eigenvalue weighted by molar-refractivity contribution is 5.93. The van der Waals surface area contributed by atoms with Crippen molar-refractivity contribution in [3.05, 3.63) is 36.3 Å². The van der Waals surface area contributed by atoms with E-state index < -0.39 is 5.60 Å². The Morgan fingerprint density at radius 3 is 2.95 bits per heavy atom. The van der Waals surface area contributed by atoms with E-state index in [9.17, 15) is 9.90 Å². The molecule has 100 valence electrons. The first-order chi connectivity index (χ1) is 9.11. The highest BCUT2D eigenvalue weighted by atomic mass is 16.3. The van der Waals surface area contributed by atoms with Crippen molar-refractivity contribution in [1.82, 2.24) is 14.3 Å². The van der Waals surface area contributed by atoms with Crippen LogP contribution in [0.5, 0.6) is 0 Å². The van der Waals surface area contributed by atoms with Gasteiger partial charge < -0.3 is 14.4 Å². The van der Waals surface area contributed by atoms with E-state index in [0.717, 1.165) is 18.5 Å². The molecule has 5 heteroatoms. The minimum absolute atomic E-state index is 0.107. The Bertz CT molecular complexity index is 581. The normalized spacial score (nSPS) is 17.5. The third-order valence-corrected chi connectivity index (χ3v) is 3.56. The van der Waals surface area contributed by atoms with E-state index >= 15 is 0 Å². The van der Waals surface area contributed by atoms with Crippen LogP contribution in [0.4, 0.5) is 0 Å². The molecule has 3 rings (SSSR count). The summed E-state index contributed by atoms with van der Waals surface area (Å²) in [6.07, 6.45) is 5.26. The van der Waals surface area contributed by atoms with Crippen LogP contribution in [0.2, 0.25) is 0 Å². The lowest BCUT2D eigenvalue weighted by atomic mass is 9.89. The van der Waals surface area contributed by atoms with Crippen LogP contribution in [0.15, 0.2) is 30.6 Å². The molecule has 0 atom stereocenters. The molecule has 0 spiro atoms. The first kappa shape index (κ1) is 12.2. The summed E-state index contributed by atoms with van der Waals surface area (Å²) in [6, 6.07) is 5.65. The Hall–Kier alpha value is -1.88. The van der Waals surface area contributed by atoms with Crippen LogP contribution in [0.3, 0.4) is 0 Å². The maximum atomic E-state index is 12.2. The average Bonchev–Trinajstić information content (AvgIpc) is 2.79. The Balaban J connectivity index is 1.75. The van der Waals surface area contributed by atoms with Crippen molar-refractivity contribution in [2.75, 3.05) is 13.1 Å². The van der Waals surface area contributed by atoms with Crippen LogP contribution in [-0.4, -0.2) is 44.0 Å². The molecule has 0 radical (unpaired) electrons. The summed E-state index contributed by atoms with van der Waals surface area (Å²) in [5.41, 5.74) is 0.503. The van der Waals surface area contributed by atoms with Crippen molar-refractivity contribution >= 4 is 11.6 Å². The second kappa shape index (κ2) is 4.35. The molecular formula is C14H17N3O2. The Morgan fingerprint density at radius 2 is 2.26 bits per heavy atom. The van der Waals surface area contributed by atoms with Crippen LogP contribution >= 0.6 is 0 Å². The van der Waals surface area contributed by atoms with Gasteiger partial charge in [-0.25, -0.2) is 4.98 Å². The van der Waals surface area contributed by atoms with Gasteiger partial charge in [-0.15, -0.1) is 0 Å². The van der Waals surface area contributed by atoms with E-state index in [2.05, 4.69) is 4.98 Å². The molecule has 19 heavy (non-hydrogen) atoms. The number of hydrogen-bond acceptors (Lipinski definition) is 3. The summed E-state index contributed by atoms with van der Waals surface area (Å²) in [5.74, 6) is -0.107. The summed E-state index contributed by atoms with van der Waals surface area (Å²) in [5, 5.41) is 10.1. The van der Waals surface area contributed by atoms with Crippen molar-refractivity contribution < 1.29 is 9.90 Å². The molecule has 1 N–H and O–H groups in total. The molecule has 0 bridgehead atoms. The molecule has 2 aromatic rings. The van der Waals surface area contributed by atoms with E-state index in [1.54, 1.807) is 11.1 Å². The van der Waals surface area contributed by atoms with Crippen molar-refractivity contribution in [1.29, 1.82) is 0 Å². The van der Waals surface area contributed by atoms with Crippen molar-refractivity contribution in [3.8, 4) is 0 Å². The summed E-state index contributed by atoms with van der Waals surface area (Å²) in [6.45, 7) is 2.85. The fourth-order valence-electron chi connectivity index (χ4n) is 2.63. The second-order valence-corrected chi connectivity index (χ2v) is 5.23. The number of aromatic nitrogens is 2. The molecule has 1 fully saturated rings. The lowest BCUT2D eigenvalue weighted by Gasteiger charge is -2.46. The zero-order valence-electron chi connectivity index (χ0n) is 10.9. The SMILES string of the molecule is CCCC1(O)CN(C(=O)c2cn3ccccc3n2)C1. The molecule has 0 unspecified atom stereocenters. The molecule has 1 aliphatic heterocycles. The molecule has 5 nitrogen and oxygen atoms in total. The second-order valence-electron chi connectivity index (χ2n) is 5.23. The van der Waals surface area contributed by atoms with Crippen LogP contribution in [0.1, 0.15) is 30.3 Å². The van der Waals surface area contributed by atoms with Gasteiger partial charge in [-0.1, -0.05) is 19.4 Å². The van der Waals surface area contributed by atoms with Gasteiger partial charge in [-0.05, 0) is 18.6 Å². The standard InChI is InChI=1S/C14H17N3O2/c1-2-6-14(19)9-17(10-14)13(18)11-8-16-7-4-3-5-12(16)15-11/h3-5,7-8,19H,2,6,9-10H2,1H3. The van der Waals surface area contributed by atoms with Crippen LogP contribution in [-0.2, 0) is 0 Å². The zero-order chi connectivity index (χ0) is 13.5. The van der Waals surface area contributed by atoms with Gasteiger partial charge in [-0.3, -0.25) is 4.79 Å². The number of fused-ring (bicyclic) bond motifs is 1. The Morgan fingerprint density at radius 1 is 1.47 bits per heavy atom. The largest absolute Gasteiger partial charge is 0.386 e. The van der Waals surface area contributed by atoms with Gasteiger partial charge in [0, 0.05) is 12.4 Å². The number of amides is 1. The van der Waals surface area contributed by atoms with Gasteiger partial charge in [0.1, 0.15) is 11.3 Å². The lowest BCUT2D eigenvalue weighted by Crippen LogP contribution is -2.63. The van der Waals surface area contributed by atoms with E-state index in [1.807, 2.05) is 35.7 Å². The lowest BCUT2D eigenvalue weighted by molar-refractivity contribution is -0.0861. The molecular weight excluding hydrogens is 242 g/mol. The number of aliphatic hydroxyl groups is 1. The highest BCUT2D eigenvalue weighted by Gasteiger charge is 2.43. The van der Waals surface area contributed by atoms with E-state index in [1.165, 1.54) is 0 Å². The monoisotopic (exact) mass is 259 g/mol. The van der Waals surface area contributed by atoms with Gasteiger partial charge in [0.25, 0.3) is 5.91 Å².